The molecule has 6 rings (SSSR count). The fourth-order valence-electron chi connectivity index (χ4n) is 5.50. The van der Waals surface area contributed by atoms with Gasteiger partial charge in [0.1, 0.15) is 6.04 Å². The van der Waals surface area contributed by atoms with Crippen LogP contribution in [-0.4, -0.2) is 116 Å². The maximum Gasteiger partial charge on any atom is 0.259 e. The zero-order valence-corrected chi connectivity index (χ0v) is 20.4. The number of rotatable bonds is 6. The van der Waals surface area contributed by atoms with Crippen LogP contribution in [0.25, 0.3) is 17.4 Å². The fraction of sp³-hybridized carbons (Fsp3) is 0.609. The molecule has 0 unspecified atom stereocenters. The van der Waals surface area contributed by atoms with Gasteiger partial charge in [-0.15, -0.1) is 5.10 Å². The van der Waals surface area contributed by atoms with Gasteiger partial charge in [-0.2, -0.15) is 19.5 Å². The van der Waals surface area contributed by atoms with Crippen molar-refractivity contribution in [3.05, 3.63) is 18.4 Å². The lowest BCUT2D eigenvalue weighted by Crippen LogP contribution is -2.61. The minimum absolute atomic E-state index is 0.0671. The van der Waals surface area contributed by atoms with Crippen LogP contribution in [0.5, 0.6) is 0 Å². The summed E-state index contributed by atoms with van der Waals surface area (Å²) in [5.74, 6) is 1.72. The van der Waals surface area contributed by atoms with Crippen molar-refractivity contribution in [2.75, 3.05) is 63.0 Å². The molecule has 3 aromatic rings. The minimum atomic E-state index is -2.28. The number of nitrogens with two attached hydrogens (primary N) is 1. The Morgan fingerprint density at radius 2 is 1.84 bits per heavy atom. The van der Waals surface area contributed by atoms with E-state index in [4.69, 9.17) is 10.2 Å². The van der Waals surface area contributed by atoms with E-state index in [2.05, 4.69) is 25.0 Å². The molecule has 37 heavy (non-hydrogen) atoms. The first-order valence-electron chi connectivity index (χ1n) is 12.7. The van der Waals surface area contributed by atoms with Gasteiger partial charge in [0.2, 0.25) is 23.6 Å². The minimum Gasteiger partial charge on any atom is -0.461 e. The normalized spacial score (nSPS) is 22.2. The Balaban J connectivity index is 1.07. The molecule has 0 spiro atoms. The molecule has 12 nitrogen and oxygen atoms in total. The number of hydrogen-bond donors (Lipinski definition) is 1. The summed E-state index contributed by atoms with van der Waals surface area (Å²) in [6.07, 6.45) is 1.76. The number of carbonyl (C=O) groups is 1. The van der Waals surface area contributed by atoms with Crippen molar-refractivity contribution in [2.24, 2.45) is 0 Å². The van der Waals surface area contributed by atoms with Crippen LogP contribution in [0.3, 0.4) is 0 Å². The molecule has 2 N–H and O–H groups in total. The van der Waals surface area contributed by atoms with Gasteiger partial charge in [0.15, 0.2) is 5.76 Å². The molecule has 3 aliphatic rings. The predicted octanol–water partition coefficient (Wildman–Crippen LogP) is 0.814. The van der Waals surface area contributed by atoms with Gasteiger partial charge in [-0.05, 0) is 44.5 Å². The Labute approximate surface area is 212 Å². The zero-order valence-electron chi connectivity index (χ0n) is 20.4. The summed E-state index contributed by atoms with van der Waals surface area (Å²) >= 11 is 0. The molecule has 6 heterocycles. The lowest BCUT2D eigenvalue weighted by Gasteiger charge is -2.46. The highest BCUT2D eigenvalue weighted by Crippen LogP contribution is 2.27. The van der Waals surface area contributed by atoms with E-state index in [0.717, 1.165) is 32.4 Å². The number of piperidine rings is 1. The van der Waals surface area contributed by atoms with Crippen LogP contribution in [0.4, 0.5) is 20.7 Å². The highest BCUT2D eigenvalue weighted by atomic mass is 19.3. The Bertz CT molecular complexity index is 1240. The van der Waals surface area contributed by atoms with Gasteiger partial charge in [-0.25, -0.2) is 8.78 Å². The Morgan fingerprint density at radius 3 is 2.49 bits per heavy atom. The Kier molecular flexibility index (Phi) is 6.36. The topological polar surface area (TPSA) is 125 Å². The molecule has 3 saturated heterocycles. The average molecular weight is 517 g/mol. The van der Waals surface area contributed by atoms with E-state index >= 15 is 0 Å². The predicted molar refractivity (Wildman–Crippen MR) is 130 cm³/mol. The number of likely N-dealkylation sites (tertiary alicyclic amines) is 1. The molecule has 1 amide bonds. The fourth-order valence-corrected chi connectivity index (χ4v) is 5.50. The summed E-state index contributed by atoms with van der Waals surface area (Å²) in [7, 11) is 0. The number of halogens is 2. The molecule has 1 atom stereocenters. The van der Waals surface area contributed by atoms with E-state index < -0.39 is 6.43 Å². The van der Waals surface area contributed by atoms with Gasteiger partial charge in [0, 0.05) is 38.8 Å². The van der Waals surface area contributed by atoms with Crippen molar-refractivity contribution >= 4 is 23.6 Å². The summed E-state index contributed by atoms with van der Waals surface area (Å²) in [5, 5.41) is 4.32. The first kappa shape index (κ1) is 24.0. The Morgan fingerprint density at radius 1 is 1.05 bits per heavy atom. The number of piperazine rings is 1. The van der Waals surface area contributed by atoms with Gasteiger partial charge in [-0.1, -0.05) is 0 Å². The molecule has 0 aliphatic carbocycles. The maximum absolute atomic E-state index is 13.4. The third kappa shape index (κ3) is 4.70. The van der Waals surface area contributed by atoms with Crippen LogP contribution in [0.2, 0.25) is 0 Å². The molecule has 3 aliphatic heterocycles. The molecule has 3 aromatic heterocycles. The largest absolute Gasteiger partial charge is 0.461 e. The highest BCUT2D eigenvalue weighted by Gasteiger charge is 2.40. The second kappa shape index (κ2) is 9.82. The number of anilines is 2. The highest BCUT2D eigenvalue weighted by molar-refractivity contribution is 5.86. The second-order valence-electron chi connectivity index (χ2n) is 9.79. The summed E-state index contributed by atoms with van der Waals surface area (Å²) < 4.78 is 32.0. The quantitative estimate of drug-likeness (QED) is 0.503. The molecular weight excluding hydrogens is 486 g/mol. The third-order valence-corrected chi connectivity index (χ3v) is 7.62. The number of furan rings is 1. The van der Waals surface area contributed by atoms with Gasteiger partial charge in [0.25, 0.3) is 12.2 Å². The lowest BCUT2D eigenvalue weighted by molar-refractivity contribution is -0.136. The molecule has 14 heteroatoms. The molecule has 0 radical (unpaired) electrons. The Hall–Kier alpha value is -3.39. The van der Waals surface area contributed by atoms with E-state index in [1.54, 1.807) is 12.1 Å². The van der Waals surface area contributed by atoms with E-state index in [1.165, 1.54) is 10.8 Å². The second-order valence-corrected chi connectivity index (χ2v) is 9.79. The van der Waals surface area contributed by atoms with Crippen molar-refractivity contribution in [3.63, 3.8) is 0 Å². The molecule has 3 fully saturated rings. The number of hydrogen-bond acceptors (Lipinski definition) is 10. The molecule has 0 bridgehead atoms. The third-order valence-electron chi connectivity index (χ3n) is 7.62. The summed E-state index contributed by atoms with van der Waals surface area (Å²) in [6.45, 7) is 4.81. The van der Waals surface area contributed by atoms with Crippen LogP contribution in [0.15, 0.2) is 22.8 Å². The number of fused-ring (bicyclic) bond motifs is 1. The van der Waals surface area contributed by atoms with E-state index in [1.807, 2.05) is 14.7 Å². The van der Waals surface area contributed by atoms with Crippen molar-refractivity contribution in [3.8, 4) is 11.6 Å². The van der Waals surface area contributed by atoms with E-state index in [-0.39, 0.29) is 24.4 Å². The molecule has 0 saturated carbocycles. The van der Waals surface area contributed by atoms with Gasteiger partial charge >= 0.3 is 0 Å². The summed E-state index contributed by atoms with van der Waals surface area (Å²) in [4.78, 5) is 34.7. The smallest absolute Gasteiger partial charge is 0.259 e. The van der Waals surface area contributed by atoms with Crippen molar-refractivity contribution in [1.29, 1.82) is 0 Å². The SMILES string of the molecule is Nc1nc(N2CC[C@H]2C(=O)N2CCN(C3CCN(CC(F)F)CC3)CC2)nc2nc(-c3ccco3)nn12. The standard InChI is InChI=1S/C23H30F2N10O2/c24-18(25)14-31-6-3-15(4-7-31)32-9-11-33(12-10-32)20(36)16-5-8-34(16)22-28-21(26)35-23(29-22)27-19(30-35)17-2-1-13-37-17/h1-2,13,15-16,18H,3-12,14H2,(H2,26,27,28,29,30)/t16-/m0/s1. The van der Waals surface area contributed by atoms with Crippen LogP contribution in [0.1, 0.15) is 19.3 Å². The van der Waals surface area contributed by atoms with Crippen LogP contribution < -0.4 is 10.6 Å². The first-order chi connectivity index (χ1) is 18.0. The number of carbonyl (C=O) groups excluding carboxylic acids is 1. The van der Waals surface area contributed by atoms with Crippen LogP contribution >= 0.6 is 0 Å². The molecular formula is C23H30F2N10O2. The number of nitrogens with zero attached hydrogens (tertiary/aromatic N) is 9. The van der Waals surface area contributed by atoms with Gasteiger partial charge < -0.3 is 20.0 Å². The summed E-state index contributed by atoms with van der Waals surface area (Å²) in [6, 6.07) is 3.55. The number of aromatic nitrogens is 5. The van der Waals surface area contributed by atoms with Crippen molar-refractivity contribution in [1.82, 2.24) is 39.3 Å². The molecule has 0 aromatic carbocycles. The number of nitrogen functional groups attached to an aromatic ring is 1. The van der Waals surface area contributed by atoms with E-state index in [9.17, 15) is 13.6 Å². The number of amides is 1. The van der Waals surface area contributed by atoms with Crippen LogP contribution in [0, 0.1) is 0 Å². The van der Waals surface area contributed by atoms with Gasteiger partial charge in [0.05, 0.1) is 12.8 Å². The van der Waals surface area contributed by atoms with Crippen molar-refractivity contribution in [2.45, 2.75) is 37.8 Å². The summed E-state index contributed by atoms with van der Waals surface area (Å²) in [5.41, 5.74) is 6.13. The lowest BCUT2D eigenvalue weighted by atomic mass is 10.0. The molecule has 198 valence electrons. The average Bonchev–Trinajstić information content (AvgIpc) is 3.54. The number of alkyl halides is 2. The van der Waals surface area contributed by atoms with Crippen molar-refractivity contribution < 1.29 is 18.0 Å². The first-order valence-corrected chi connectivity index (χ1v) is 12.7. The maximum atomic E-state index is 13.4. The van der Waals surface area contributed by atoms with E-state index in [0.29, 0.717) is 62.1 Å². The monoisotopic (exact) mass is 516 g/mol. The zero-order chi connectivity index (χ0) is 25.5. The van der Waals surface area contributed by atoms with Crippen LogP contribution in [-0.2, 0) is 4.79 Å². The van der Waals surface area contributed by atoms with Gasteiger partial charge in [-0.3, -0.25) is 14.6 Å².